The minimum atomic E-state index is -3.30. The molecule has 2 fully saturated rings. The van der Waals surface area contributed by atoms with E-state index in [1.54, 1.807) is 10.7 Å². The van der Waals surface area contributed by atoms with E-state index in [2.05, 4.69) is 49.6 Å². The van der Waals surface area contributed by atoms with E-state index in [-0.39, 0.29) is 0 Å². The summed E-state index contributed by atoms with van der Waals surface area (Å²) in [4.78, 5) is 7.46. The Hall–Kier alpha value is -2.10. The molecule has 2 aromatic rings. The Morgan fingerprint density at radius 1 is 0.968 bits per heavy atom. The normalized spacial score (nSPS) is 19.0. The molecule has 170 valence electrons. The molecule has 2 aliphatic heterocycles. The zero-order valence-corrected chi connectivity index (χ0v) is 19.4. The second-order valence-electron chi connectivity index (χ2n) is 8.83. The maximum atomic E-state index is 11.4. The standard InChI is InChI=1S/C22H34N6O2S/c1-19-6-7-20(21(16-19)27-9-4-3-5-10-27)17-25-12-14-26(15-13-25)18-28-11-8-22(23-28)24-31(2,29)30/h6-8,11,16H,3-5,9-10,12-15,17-18H2,1-2H3,(H,23,24). The van der Waals surface area contributed by atoms with E-state index in [1.807, 2.05) is 6.20 Å². The molecule has 31 heavy (non-hydrogen) atoms. The second kappa shape index (κ2) is 9.58. The highest BCUT2D eigenvalue weighted by atomic mass is 32.2. The number of hydrogen-bond acceptors (Lipinski definition) is 6. The predicted octanol–water partition coefficient (Wildman–Crippen LogP) is 2.33. The van der Waals surface area contributed by atoms with Gasteiger partial charge in [0.25, 0.3) is 0 Å². The van der Waals surface area contributed by atoms with Crippen LogP contribution in [0.15, 0.2) is 30.5 Å². The van der Waals surface area contributed by atoms with Gasteiger partial charge in [0.2, 0.25) is 10.0 Å². The lowest BCUT2D eigenvalue weighted by molar-refractivity contribution is 0.0989. The number of anilines is 2. The van der Waals surface area contributed by atoms with Crippen LogP contribution in [0, 0.1) is 6.92 Å². The summed E-state index contributed by atoms with van der Waals surface area (Å²) < 4.78 is 26.9. The largest absolute Gasteiger partial charge is 0.371 e. The van der Waals surface area contributed by atoms with Crippen molar-refractivity contribution in [1.29, 1.82) is 0 Å². The van der Waals surface area contributed by atoms with E-state index < -0.39 is 10.0 Å². The van der Waals surface area contributed by atoms with Crippen molar-refractivity contribution in [3.05, 3.63) is 41.6 Å². The molecule has 0 saturated carbocycles. The molecular formula is C22H34N6O2S. The number of piperidine rings is 1. The number of benzene rings is 1. The Balaban J connectivity index is 1.32. The summed E-state index contributed by atoms with van der Waals surface area (Å²) in [6.07, 6.45) is 6.89. The lowest BCUT2D eigenvalue weighted by Gasteiger charge is -2.36. The minimum absolute atomic E-state index is 0.366. The lowest BCUT2D eigenvalue weighted by atomic mass is 10.0. The summed E-state index contributed by atoms with van der Waals surface area (Å²) >= 11 is 0. The molecule has 9 heteroatoms. The van der Waals surface area contributed by atoms with Gasteiger partial charge in [-0.25, -0.2) is 8.42 Å². The van der Waals surface area contributed by atoms with Gasteiger partial charge in [0.05, 0.1) is 12.9 Å². The average Bonchev–Trinajstić information content (AvgIpc) is 3.16. The van der Waals surface area contributed by atoms with Crippen LogP contribution in [0.3, 0.4) is 0 Å². The molecule has 0 unspecified atom stereocenters. The second-order valence-corrected chi connectivity index (χ2v) is 10.6. The van der Waals surface area contributed by atoms with Gasteiger partial charge in [-0.3, -0.25) is 19.2 Å². The zero-order valence-electron chi connectivity index (χ0n) is 18.6. The molecule has 1 aromatic heterocycles. The van der Waals surface area contributed by atoms with Gasteiger partial charge >= 0.3 is 0 Å². The number of nitrogens with one attached hydrogen (secondary N) is 1. The van der Waals surface area contributed by atoms with Crippen LogP contribution in [0.25, 0.3) is 0 Å². The Bertz CT molecular complexity index is 976. The van der Waals surface area contributed by atoms with Gasteiger partial charge < -0.3 is 4.90 Å². The van der Waals surface area contributed by atoms with Crippen LogP contribution in [0.5, 0.6) is 0 Å². The van der Waals surface area contributed by atoms with Crippen molar-refractivity contribution in [1.82, 2.24) is 19.6 Å². The number of rotatable bonds is 7. The van der Waals surface area contributed by atoms with Crippen LogP contribution in [-0.2, 0) is 23.2 Å². The van der Waals surface area contributed by atoms with Gasteiger partial charge in [0, 0.05) is 63.8 Å². The third-order valence-corrected chi connectivity index (χ3v) is 6.65. The van der Waals surface area contributed by atoms with Gasteiger partial charge in [-0.05, 0) is 43.4 Å². The van der Waals surface area contributed by atoms with Crippen molar-refractivity contribution in [2.45, 2.75) is 39.4 Å². The lowest BCUT2D eigenvalue weighted by Crippen LogP contribution is -2.46. The summed E-state index contributed by atoms with van der Waals surface area (Å²) in [7, 11) is -3.30. The third kappa shape index (κ3) is 6.21. The third-order valence-electron chi connectivity index (χ3n) is 6.07. The Morgan fingerprint density at radius 2 is 1.68 bits per heavy atom. The molecule has 0 atom stereocenters. The van der Waals surface area contributed by atoms with Crippen molar-refractivity contribution in [3.63, 3.8) is 0 Å². The molecule has 0 aliphatic carbocycles. The fourth-order valence-electron chi connectivity index (χ4n) is 4.46. The maximum absolute atomic E-state index is 11.4. The highest BCUT2D eigenvalue weighted by Crippen LogP contribution is 2.27. The molecule has 1 N–H and O–H groups in total. The first kappa shape index (κ1) is 22.1. The van der Waals surface area contributed by atoms with Crippen LogP contribution < -0.4 is 9.62 Å². The SMILES string of the molecule is Cc1ccc(CN2CCN(Cn3ccc(NS(C)(=O)=O)n3)CC2)c(N2CCCCC2)c1. The molecule has 8 nitrogen and oxygen atoms in total. The molecule has 2 saturated heterocycles. The van der Waals surface area contributed by atoms with E-state index in [9.17, 15) is 8.42 Å². The monoisotopic (exact) mass is 446 g/mol. The van der Waals surface area contributed by atoms with Crippen molar-refractivity contribution in [2.24, 2.45) is 0 Å². The number of aromatic nitrogens is 2. The summed E-state index contributed by atoms with van der Waals surface area (Å²) in [5.74, 6) is 0.366. The molecular weight excluding hydrogens is 412 g/mol. The first-order valence-corrected chi connectivity index (χ1v) is 13.1. The molecule has 0 bridgehead atoms. The number of aryl methyl sites for hydroxylation is 1. The van der Waals surface area contributed by atoms with Gasteiger partial charge in [0.15, 0.2) is 5.82 Å². The first-order valence-electron chi connectivity index (χ1n) is 11.2. The topological polar surface area (TPSA) is 73.7 Å². The van der Waals surface area contributed by atoms with Gasteiger partial charge in [-0.2, -0.15) is 5.10 Å². The molecule has 4 rings (SSSR count). The maximum Gasteiger partial charge on any atom is 0.231 e. The molecule has 0 amide bonds. The smallest absolute Gasteiger partial charge is 0.231 e. The van der Waals surface area contributed by atoms with E-state index in [1.165, 1.54) is 49.2 Å². The highest BCUT2D eigenvalue weighted by molar-refractivity contribution is 7.92. The summed E-state index contributed by atoms with van der Waals surface area (Å²) in [5.41, 5.74) is 4.19. The first-order chi connectivity index (χ1) is 14.9. The van der Waals surface area contributed by atoms with E-state index >= 15 is 0 Å². The van der Waals surface area contributed by atoms with Crippen molar-refractivity contribution >= 4 is 21.5 Å². The number of hydrogen-bond donors (Lipinski definition) is 1. The summed E-state index contributed by atoms with van der Waals surface area (Å²) in [5, 5.41) is 4.31. The fraction of sp³-hybridized carbons (Fsp3) is 0.591. The highest BCUT2D eigenvalue weighted by Gasteiger charge is 2.20. The quantitative estimate of drug-likeness (QED) is 0.704. The molecule has 0 spiro atoms. The fourth-order valence-corrected chi connectivity index (χ4v) is 4.95. The van der Waals surface area contributed by atoms with E-state index in [0.29, 0.717) is 12.5 Å². The Morgan fingerprint density at radius 3 is 2.39 bits per heavy atom. The van der Waals surface area contributed by atoms with Gasteiger partial charge in [-0.1, -0.05) is 12.1 Å². The Kier molecular flexibility index (Phi) is 6.83. The predicted molar refractivity (Wildman–Crippen MR) is 125 cm³/mol. The van der Waals surface area contributed by atoms with Crippen molar-refractivity contribution < 1.29 is 8.42 Å². The number of nitrogens with zero attached hydrogens (tertiary/aromatic N) is 5. The van der Waals surface area contributed by atoms with E-state index in [0.717, 1.165) is 39.0 Å². The van der Waals surface area contributed by atoms with Crippen LogP contribution >= 0.6 is 0 Å². The van der Waals surface area contributed by atoms with Crippen LogP contribution in [0.2, 0.25) is 0 Å². The molecule has 1 aromatic carbocycles. The average molecular weight is 447 g/mol. The van der Waals surface area contributed by atoms with Gasteiger partial charge in [-0.15, -0.1) is 0 Å². The summed E-state index contributed by atoms with van der Waals surface area (Å²) in [6, 6.07) is 8.60. The molecule has 3 heterocycles. The van der Waals surface area contributed by atoms with Crippen molar-refractivity contribution in [2.75, 3.05) is 55.1 Å². The van der Waals surface area contributed by atoms with Crippen LogP contribution in [-0.4, -0.2) is 73.5 Å². The zero-order chi connectivity index (χ0) is 21.8. The molecule has 2 aliphatic rings. The van der Waals surface area contributed by atoms with Gasteiger partial charge in [0.1, 0.15) is 0 Å². The van der Waals surface area contributed by atoms with Crippen LogP contribution in [0.4, 0.5) is 11.5 Å². The Labute approximate surface area is 185 Å². The van der Waals surface area contributed by atoms with Crippen molar-refractivity contribution in [3.8, 4) is 0 Å². The van der Waals surface area contributed by atoms with E-state index in [4.69, 9.17) is 0 Å². The number of sulfonamides is 1. The van der Waals surface area contributed by atoms with Crippen LogP contribution in [0.1, 0.15) is 30.4 Å². The number of piperazine rings is 1. The molecule has 0 radical (unpaired) electrons. The summed E-state index contributed by atoms with van der Waals surface area (Å²) in [6.45, 7) is 10.2. The minimum Gasteiger partial charge on any atom is -0.371 e.